The molecule has 2 aromatic rings. The van der Waals surface area contributed by atoms with Crippen molar-refractivity contribution in [2.75, 3.05) is 6.54 Å². The first-order valence-corrected chi connectivity index (χ1v) is 7.34. The fourth-order valence-corrected chi connectivity index (χ4v) is 2.65. The van der Waals surface area contributed by atoms with E-state index in [9.17, 15) is 4.79 Å². The van der Waals surface area contributed by atoms with Gasteiger partial charge in [0.05, 0.1) is 15.6 Å². The van der Waals surface area contributed by atoms with Crippen LogP contribution in [0.1, 0.15) is 28.2 Å². The van der Waals surface area contributed by atoms with Gasteiger partial charge in [0.25, 0.3) is 5.91 Å². The summed E-state index contributed by atoms with van der Waals surface area (Å²) < 4.78 is 0. The van der Waals surface area contributed by atoms with Crippen molar-refractivity contribution in [1.29, 1.82) is 0 Å². The van der Waals surface area contributed by atoms with Gasteiger partial charge in [0, 0.05) is 29.1 Å². The van der Waals surface area contributed by atoms with Crippen molar-refractivity contribution in [3.8, 4) is 0 Å². The van der Waals surface area contributed by atoms with E-state index in [0.717, 1.165) is 5.01 Å². The number of nitrogens with zero attached hydrogens (tertiary/aromatic N) is 1. The number of rotatable bonds is 4. The van der Waals surface area contributed by atoms with E-state index in [-0.39, 0.29) is 11.8 Å². The van der Waals surface area contributed by atoms with Crippen LogP contribution in [0.15, 0.2) is 29.8 Å². The van der Waals surface area contributed by atoms with Gasteiger partial charge in [-0.2, -0.15) is 0 Å². The third-order valence-corrected chi connectivity index (χ3v) is 4.19. The quantitative estimate of drug-likeness (QED) is 0.927. The minimum Gasteiger partial charge on any atom is -0.351 e. The zero-order valence-corrected chi connectivity index (χ0v) is 12.5. The average Bonchev–Trinajstić information content (AvgIpc) is 2.92. The maximum Gasteiger partial charge on any atom is 0.252 e. The molecule has 1 aromatic heterocycles. The van der Waals surface area contributed by atoms with E-state index in [4.69, 9.17) is 23.2 Å². The van der Waals surface area contributed by atoms with Gasteiger partial charge < -0.3 is 5.32 Å². The molecular formula is C13H12Cl2N2OS. The lowest BCUT2D eigenvalue weighted by molar-refractivity contribution is 0.0952. The molecule has 0 aliphatic rings. The van der Waals surface area contributed by atoms with Crippen molar-refractivity contribution in [3.05, 3.63) is 50.4 Å². The Labute approximate surface area is 125 Å². The average molecular weight is 315 g/mol. The van der Waals surface area contributed by atoms with Crippen LogP contribution in [0.5, 0.6) is 0 Å². The number of nitrogens with one attached hydrogen (secondary N) is 1. The van der Waals surface area contributed by atoms with Crippen molar-refractivity contribution in [1.82, 2.24) is 10.3 Å². The SMILES string of the molecule is C[C@H](CNC(=O)c1cc(Cl)ccc1Cl)c1nccs1. The van der Waals surface area contributed by atoms with Crippen molar-refractivity contribution in [2.45, 2.75) is 12.8 Å². The second-order valence-electron chi connectivity index (χ2n) is 4.11. The molecule has 1 aromatic carbocycles. The molecule has 19 heavy (non-hydrogen) atoms. The molecule has 6 heteroatoms. The van der Waals surface area contributed by atoms with Gasteiger partial charge >= 0.3 is 0 Å². The molecule has 1 atom stereocenters. The molecule has 0 aliphatic carbocycles. The molecule has 1 N–H and O–H groups in total. The summed E-state index contributed by atoms with van der Waals surface area (Å²) in [7, 11) is 0. The highest BCUT2D eigenvalue weighted by molar-refractivity contribution is 7.09. The highest BCUT2D eigenvalue weighted by Gasteiger charge is 2.13. The first-order chi connectivity index (χ1) is 9.08. The predicted molar refractivity (Wildman–Crippen MR) is 79.3 cm³/mol. The largest absolute Gasteiger partial charge is 0.351 e. The Kier molecular flexibility index (Phi) is 4.80. The van der Waals surface area contributed by atoms with E-state index in [1.807, 2.05) is 12.3 Å². The summed E-state index contributed by atoms with van der Waals surface area (Å²) in [6, 6.07) is 4.83. The van der Waals surface area contributed by atoms with Crippen LogP contribution < -0.4 is 5.32 Å². The van der Waals surface area contributed by atoms with Crippen LogP contribution in [0.2, 0.25) is 10.0 Å². The summed E-state index contributed by atoms with van der Waals surface area (Å²) in [6.45, 7) is 2.52. The number of amides is 1. The zero-order valence-electron chi connectivity index (χ0n) is 10.2. The van der Waals surface area contributed by atoms with E-state index < -0.39 is 0 Å². The van der Waals surface area contributed by atoms with Gasteiger partial charge in [-0.1, -0.05) is 30.1 Å². The van der Waals surface area contributed by atoms with Crippen LogP contribution in [-0.2, 0) is 0 Å². The van der Waals surface area contributed by atoms with Crippen LogP contribution >= 0.6 is 34.5 Å². The summed E-state index contributed by atoms with van der Waals surface area (Å²) in [4.78, 5) is 16.2. The second-order valence-corrected chi connectivity index (χ2v) is 5.88. The van der Waals surface area contributed by atoms with Crippen LogP contribution in [0.25, 0.3) is 0 Å². The topological polar surface area (TPSA) is 42.0 Å². The molecule has 100 valence electrons. The molecule has 2 rings (SSSR count). The minimum absolute atomic E-state index is 0.168. The third-order valence-electron chi connectivity index (χ3n) is 2.61. The standard InChI is InChI=1S/C13H12Cl2N2OS/c1-8(13-16-4-5-19-13)7-17-12(18)10-6-9(14)2-3-11(10)15/h2-6,8H,7H2,1H3,(H,17,18)/t8-/m1/s1. The van der Waals surface area contributed by atoms with E-state index in [1.165, 1.54) is 0 Å². The molecule has 0 aliphatic heterocycles. The number of hydrogen-bond acceptors (Lipinski definition) is 3. The van der Waals surface area contributed by atoms with E-state index in [2.05, 4.69) is 10.3 Å². The van der Waals surface area contributed by atoms with Crippen molar-refractivity contribution < 1.29 is 4.79 Å². The third kappa shape index (κ3) is 3.69. The minimum atomic E-state index is -0.226. The molecule has 0 saturated heterocycles. The number of carbonyl (C=O) groups excluding carboxylic acids is 1. The van der Waals surface area contributed by atoms with Crippen molar-refractivity contribution >= 4 is 40.4 Å². The van der Waals surface area contributed by atoms with Crippen LogP contribution in [0, 0.1) is 0 Å². The Hall–Kier alpha value is -1.10. The Morgan fingerprint density at radius 2 is 2.26 bits per heavy atom. The monoisotopic (exact) mass is 314 g/mol. The highest BCUT2D eigenvalue weighted by atomic mass is 35.5. The second kappa shape index (κ2) is 6.37. The summed E-state index contributed by atoms with van der Waals surface area (Å²) >= 11 is 13.4. The maximum absolute atomic E-state index is 12.0. The number of aromatic nitrogens is 1. The summed E-state index contributed by atoms with van der Waals surface area (Å²) in [6.07, 6.45) is 1.76. The van der Waals surface area contributed by atoms with Gasteiger partial charge in [0.15, 0.2) is 0 Å². The van der Waals surface area contributed by atoms with E-state index >= 15 is 0 Å². The zero-order chi connectivity index (χ0) is 13.8. The van der Waals surface area contributed by atoms with Crippen LogP contribution in [0.4, 0.5) is 0 Å². The van der Waals surface area contributed by atoms with Gasteiger partial charge in [-0.15, -0.1) is 11.3 Å². The predicted octanol–water partition coefficient (Wildman–Crippen LogP) is 3.98. The number of benzene rings is 1. The van der Waals surface area contributed by atoms with Gasteiger partial charge in [-0.25, -0.2) is 4.98 Å². The molecule has 0 radical (unpaired) electrons. The number of hydrogen-bond donors (Lipinski definition) is 1. The van der Waals surface area contributed by atoms with E-state index in [0.29, 0.717) is 22.2 Å². The molecule has 0 spiro atoms. The summed E-state index contributed by atoms with van der Waals surface area (Å²) in [5.74, 6) is -0.0576. The van der Waals surface area contributed by atoms with Gasteiger partial charge in [-0.05, 0) is 18.2 Å². The molecular weight excluding hydrogens is 303 g/mol. The molecule has 0 saturated carbocycles. The lowest BCUT2D eigenvalue weighted by Gasteiger charge is -2.11. The fraction of sp³-hybridized carbons (Fsp3) is 0.231. The Morgan fingerprint density at radius 3 is 2.95 bits per heavy atom. The molecule has 0 fully saturated rings. The van der Waals surface area contributed by atoms with Crippen molar-refractivity contribution in [3.63, 3.8) is 0 Å². The van der Waals surface area contributed by atoms with E-state index in [1.54, 1.807) is 35.7 Å². The first-order valence-electron chi connectivity index (χ1n) is 5.70. The Morgan fingerprint density at radius 1 is 1.47 bits per heavy atom. The normalized spacial score (nSPS) is 12.2. The van der Waals surface area contributed by atoms with Gasteiger partial charge in [0.1, 0.15) is 0 Å². The Bertz CT molecular complexity index is 572. The lowest BCUT2D eigenvalue weighted by atomic mass is 10.1. The smallest absolute Gasteiger partial charge is 0.252 e. The van der Waals surface area contributed by atoms with Crippen LogP contribution in [0.3, 0.4) is 0 Å². The molecule has 0 unspecified atom stereocenters. The van der Waals surface area contributed by atoms with Gasteiger partial charge in [-0.3, -0.25) is 4.79 Å². The molecule has 3 nitrogen and oxygen atoms in total. The lowest BCUT2D eigenvalue weighted by Crippen LogP contribution is -2.27. The summed E-state index contributed by atoms with van der Waals surface area (Å²) in [5.41, 5.74) is 0.389. The molecule has 1 amide bonds. The molecule has 0 bridgehead atoms. The fourth-order valence-electron chi connectivity index (χ4n) is 1.58. The Balaban J connectivity index is 2.00. The highest BCUT2D eigenvalue weighted by Crippen LogP contribution is 2.21. The number of halogens is 2. The summed E-state index contributed by atoms with van der Waals surface area (Å²) in [5, 5.41) is 6.64. The van der Waals surface area contributed by atoms with Gasteiger partial charge in [0.2, 0.25) is 0 Å². The molecule has 1 heterocycles. The van der Waals surface area contributed by atoms with Crippen LogP contribution in [-0.4, -0.2) is 17.4 Å². The first kappa shape index (κ1) is 14.3. The number of thiazole rings is 1. The number of carbonyl (C=O) groups is 1. The van der Waals surface area contributed by atoms with Crippen molar-refractivity contribution in [2.24, 2.45) is 0 Å². The maximum atomic E-state index is 12.0.